The van der Waals surface area contributed by atoms with Crippen molar-refractivity contribution >= 4 is 23.6 Å². The van der Waals surface area contributed by atoms with Gasteiger partial charge in [0.25, 0.3) is 5.91 Å². The monoisotopic (exact) mass is 511 g/mol. The molecule has 0 aliphatic rings. The molecule has 0 aliphatic carbocycles. The maximum absolute atomic E-state index is 13.9. The zero-order valence-corrected chi connectivity index (χ0v) is 23.2. The number of para-hydroxylation sites is 2. The average molecular weight is 512 g/mol. The molecular weight excluding hydrogens is 470 g/mol. The molecule has 2 aromatic carbocycles. The molecule has 8 heteroatoms. The van der Waals surface area contributed by atoms with E-state index in [1.165, 1.54) is 11.0 Å². The van der Waals surface area contributed by atoms with E-state index in [0.29, 0.717) is 17.7 Å². The van der Waals surface area contributed by atoms with Gasteiger partial charge in [-0.15, -0.1) is 0 Å². The van der Waals surface area contributed by atoms with Crippen molar-refractivity contribution in [1.29, 1.82) is 0 Å². The third-order valence-corrected chi connectivity index (χ3v) is 5.84. The maximum atomic E-state index is 13.9. The molecule has 0 fully saturated rings. The van der Waals surface area contributed by atoms with Crippen molar-refractivity contribution in [2.75, 3.05) is 11.9 Å². The van der Waals surface area contributed by atoms with Crippen LogP contribution in [0.25, 0.3) is 0 Å². The van der Waals surface area contributed by atoms with Gasteiger partial charge >= 0.3 is 6.09 Å². The minimum absolute atomic E-state index is 0.0783. The van der Waals surface area contributed by atoms with Crippen molar-refractivity contribution in [1.82, 2.24) is 10.2 Å². The van der Waals surface area contributed by atoms with E-state index in [2.05, 4.69) is 10.6 Å². The number of amides is 3. The number of nitrogens with zero attached hydrogens (tertiary/aromatic N) is 1. The predicted molar refractivity (Wildman–Crippen MR) is 145 cm³/mol. The standard InChI is InChI=1S/C29H41N3O5/c1-9-32(27(35)22(17-18(2)3)30-28(36)37-29(6,7)8)25(21-15-10-11-16-23(21)33)26(34)31-24-19(4)13-12-14-20(24)5/h10-16,18,22,25,33H,9,17H2,1-8H3,(H,30,36)(H,31,34). The topological polar surface area (TPSA) is 108 Å². The highest BCUT2D eigenvalue weighted by atomic mass is 16.6. The molecule has 2 rings (SSSR count). The molecule has 0 radical (unpaired) electrons. The molecule has 2 unspecified atom stereocenters. The lowest BCUT2D eigenvalue weighted by atomic mass is 9.98. The summed E-state index contributed by atoms with van der Waals surface area (Å²) in [6, 6.07) is 10.1. The van der Waals surface area contributed by atoms with Crippen LogP contribution in [0.1, 0.15) is 70.7 Å². The first-order valence-electron chi connectivity index (χ1n) is 12.7. The second-order valence-electron chi connectivity index (χ2n) is 10.7. The van der Waals surface area contributed by atoms with Gasteiger partial charge in [0.2, 0.25) is 5.91 Å². The van der Waals surface area contributed by atoms with E-state index in [1.807, 2.05) is 45.9 Å². The molecule has 3 N–H and O–H groups in total. The second kappa shape index (κ2) is 12.6. The molecule has 2 atom stereocenters. The number of benzene rings is 2. The fraction of sp³-hybridized carbons (Fsp3) is 0.483. The highest BCUT2D eigenvalue weighted by Gasteiger charge is 2.37. The van der Waals surface area contributed by atoms with E-state index >= 15 is 0 Å². The predicted octanol–water partition coefficient (Wildman–Crippen LogP) is 5.48. The van der Waals surface area contributed by atoms with Crippen LogP contribution in [-0.4, -0.2) is 46.1 Å². The highest BCUT2D eigenvalue weighted by molar-refractivity contribution is 6.00. The number of aromatic hydroxyl groups is 1. The molecule has 0 heterocycles. The SMILES string of the molecule is CCN(C(=O)C(CC(C)C)NC(=O)OC(C)(C)C)C(C(=O)Nc1c(C)cccc1C)c1ccccc1O. The minimum atomic E-state index is -1.13. The number of phenolic OH excluding ortho intramolecular Hbond substituents is 1. The van der Waals surface area contributed by atoms with Crippen LogP contribution in [0.15, 0.2) is 42.5 Å². The van der Waals surface area contributed by atoms with Crippen LogP contribution in [0.4, 0.5) is 10.5 Å². The fourth-order valence-electron chi connectivity index (χ4n) is 4.18. The summed E-state index contributed by atoms with van der Waals surface area (Å²) < 4.78 is 5.39. The van der Waals surface area contributed by atoms with Crippen LogP contribution in [0.2, 0.25) is 0 Å². The molecule has 0 aromatic heterocycles. The number of phenols is 1. The van der Waals surface area contributed by atoms with Gasteiger partial charge in [0.15, 0.2) is 0 Å². The van der Waals surface area contributed by atoms with E-state index in [4.69, 9.17) is 4.74 Å². The third kappa shape index (κ3) is 8.23. The lowest BCUT2D eigenvalue weighted by molar-refractivity contribution is -0.140. The number of carbonyl (C=O) groups is 3. The number of likely N-dealkylation sites (N-methyl/N-ethyl adjacent to an activating group) is 1. The Morgan fingerprint density at radius 3 is 2.11 bits per heavy atom. The summed E-state index contributed by atoms with van der Waals surface area (Å²) in [5.74, 6) is -0.924. The van der Waals surface area contributed by atoms with E-state index in [0.717, 1.165) is 11.1 Å². The number of hydrogen-bond acceptors (Lipinski definition) is 5. The number of anilines is 1. The fourth-order valence-corrected chi connectivity index (χ4v) is 4.18. The summed E-state index contributed by atoms with van der Waals surface area (Å²) in [6.45, 7) is 14.8. The molecule has 0 bridgehead atoms. The first-order chi connectivity index (χ1) is 17.2. The van der Waals surface area contributed by atoms with E-state index in [9.17, 15) is 19.5 Å². The number of rotatable bonds is 9. The van der Waals surface area contributed by atoms with Crippen molar-refractivity contribution in [3.05, 3.63) is 59.2 Å². The molecule has 0 spiro atoms. The minimum Gasteiger partial charge on any atom is -0.508 e. The molecule has 37 heavy (non-hydrogen) atoms. The van der Waals surface area contributed by atoms with Gasteiger partial charge in [-0.05, 0) is 71.1 Å². The van der Waals surface area contributed by atoms with Crippen molar-refractivity contribution in [3.8, 4) is 5.75 Å². The maximum Gasteiger partial charge on any atom is 0.408 e. The Morgan fingerprint density at radius 2 is 1.59 bits per heavy atom. The Kier molecular flexibility index (Phi) is 10.1. The summed E-state index contributed by atoms with van der Waals surface area (Å²) in [5, 5.41) is 16.4. The zero-order valence-electron chi connectivity index (χ0n) is 23.2. The lowest BCUT2D eigenvalue weighted by Gasteiger charge is -2.34. The van der Waals surface area contributed by atoms with Gasteiger partial charge in [-0.25, -0.2) is 4.79 Å². The molecule has 8 nitrogen and oxygen atoms in total. The molecule has 202 valence electrons. The van der Waals surface area contributed by atoms with Gasteiger partial charge in [-0.2, -0.15) is 0 Å². The first kappa shape index (κ1) is 29.7. The van der Waals surface area contributed by atoms with Gasteiger partial charge < -0.3 is 25.4 Å². The van der Waals surface area contributed by atoms with Gasteiger partial charge in [0, 0.05) is 17.8 Å². The quantitative estimate of drug-likeness (QED) is 0.413. The van der Waals surface area contributed by atoms with Crippen LogP contribution in [0.3, 0.4) is 0 Å². The van der Waals surface area contributed by atoms with E-state index in [1.54, 1.807) is 45.9 Å². The molecule has 3 amide bonds. The summed E-state index contributed by atoms with van der Waals surface area (Å²) in [7, 11) is 0. The normalized spacial score (nSPS) is 13.0. The van der Waals surface area contributed by atoms with Crippen LogP contribution >= 0.6 is 0 Å². The number of aryl methyl sites for hydroxylation is 2. The number of ether oxygens (including phenoxy) is 1. The Hall–Kier alpha value is -3.55. The number of hydrogen-bond donors (Lipinski definition) is 3. The lowest BCUT2D eigenvalue weighted by Crippen LogP contribution is -2.52. The largest absolute Gasteiger partial charge is 0.508 e. The van der Waals surface area contributed by atoms with Crippen molar-refractivity contribution in [2.24, 2.45) is 5.92 Å². The molecule has 0 saturated heterocycles. The van der Waals surface area contributed by atoms with Crippen molar-refractivity contribution in [2.45, 2.75) is 79.5 Å². The van der Waals surface area contributed by atoms with Crippen molar-refractivity contribution in [3.63, 3.8) is 0 Å². The molecule has 0 aliphatic heterocycles. The highest BCUT2D eigenvalue weighted by Crippen LogP contribution is 2.32. The van der Waals surface area contributed by atoms with Crippen LogP contribution in [0.5, 0.6) is 5.75 Å². The summed E-state index contributed by atoms with van der Waals surface area (Å²) in [4.78, 5) is 41.7. The average Bonchev–Trinajstić information content (AvgIpc) is 2.78. The summed E-state index contributed by atoms with van der Waals surface area (Å²) >= 11 is 0. The van der Waals surface area contributed by atoms with Crippen LogP contribution < -0.4 is 10.6 Å². The van der Waals surface area contributed by atoms with E-state index in [-0.39, 0.29) is 18.2 Å². The van der Waals surface area contributed by atoms with Crippen molar-refractivity contribution < 1.29 is 24.2 Å². The number of nitrogens with one attached hydrogen (secondary N) is 2. The van der Waals surface area contributed by atoms with Crippen LogP contribution in [-0.2, 0) is 14.3 Å². The smallest absolute Gasteiger partial charge is 0.408 e. The Bertz CT molecular complexity index is 1090. The Balaban J connectivity index is 2.50. The Morgan fingerprint density at radius 1 is 1.00 bits per heavy atom. The van der Waals surface area contributed by atoms with Gasteiger partial charge in [-0.3, -0.25) is 9.59 Å². The van der Waals surface area contributed by atoms with Gasteiger partial charge in [0.1, 0.15) is 23.4 Å². The third-order valence-electron chi connectivity index (χ3n) is 5.84. The Labute approximate surface area is 220 Å². The van der Waals surface area contributed by atoms with Crippen LogP contribution in [0, 0.1) is 19.8 Å². The summed E-state index contributed by atoms with van der Waals surface area (Å²) in [6.07, 6.45) is -0.359. The molecule has 0 saturated carbocycles. The molecule has 2 aromatic rings. The van der Waals surface area contributed by atoms with Gasteiger partial charge in [-0.1, -0.05) is 50.2 Å². The molecular formula is C29H41N3O5. The van der Waals surface area contributed by atoms with E-state index < -0.39 is 35.6 Å². The summed E-state index contributed by atoms with van der Waals surface area (Å²) in [5.41, 5.74) is 1.97. The number of alkyl carbamates (subject to hydrolysis) is 1. The zero-order chi connectivity index (χ0) is 27.9. The first-order valence-corrected chi connectivity index (χ1v) is 12.7. The number of carbonyl (C=O) groups excluding carboxylic acids is 3. The van der Waals surface area contributed by atoms with Gasteiger partial charge in [0.05, 0.1) is 0 Å². The second-order valence-corrected chi connectivity index (χ2v) is 10.7.